The number of aliphatic carboxylic acids is 2. The van der Waals surface area contributed by atoms with Crippen molar-refractivity contribution in [1.29, 1.82) is 0 Å². The molecule has 0 spiro atoms. The molecule has 0 aliphatic carbocycles. The van der Waals surface area contributed by atoms with Crippen molar-refractivity contribution in [3.63, 3.8) is 0 Å². The van der Waals surface area contributed by atoms with Crippen molar-refractivity contribution < 1.29 is 19.8 Å². The molecule has 0 rings (SSSR count). The molecule has 4 nitrogen and oxygen atoms in total. The van der Waals surface area contributed by atoms with E-state index in [4.69, 9.17) is 0 Å². The van der Waals surface area contributed by atoms with E-state index in [9.17, 15) is 19.8 Å². The van der Waals surface area contributed by atoms with Crippen LogP contribution in [0.1, 0.15) is 90.9 Å². The van der Waals surface area contributed by atoms with Gasteiger partial charge in [-0.1, -0.05) is 78.1 Å². The average molecular weight is 300 g/mol. The predicted molar refractivity (Wildman–Crippen MR) is 84.5 cm³/mol. The molecule has 0 aliphatic heterocycles. The summed E-state index contributed by atoms with van der Waals surface area (Å²) in [5.74, 6) is -2.37. The van der Waals surface area contributed by atoms with E-state index < -0.39 is 17.4 Å². The van der Waals surface area contributed by atoms with E-state index in [1.807, 2.05) is 6.92 Å². The van der Waals surface area contributed by atoms with Crippen LogP contribution in [0.2, 0.25) is 0 Å². The maximum absolute atomic E-state index is 11.3. The normalized spacial score (nSPS) is 11.5. The van der Waals surface area contributed by atoms with Crippen LogP contribution in [0.4, 0.5) is 0 Å². The Labute approximate surface area is 128 Å². The van der Waals surface area contributed by atoms with Crippen LogP contribution in [0.25, 0.3) is 0 Å². The quantitative estimate of drug-likeness (QED) is 0.355. The lowest BCUT2D eigenvalue weighted by Gasteiger charge is -2.24. The average Bonchev–Trinajstić information content (AvgIpc) is 2.43. The molecule has 0 bridgehead atoms. The van der Waals surface area contributed by atoms with E-state index in [1.165, 1.54) is 38.5 Å². The third kappa shape index (κ3) is 7.49. The molecule has 0 aromatic carbocycles. The summed E-state index contributed by atoms with van der Waals surface area (Å²) in [6.45, 7) is 4.03. The SMILES string of the molecule is CCCCCCCCCCCC(CCC)(C(=O)O)C(=O)O. The van der Waals surface area contributed by atoms with Crippen LogP contribution in [0.3, 0.4) is 0 Å². The van der Waals surface area contributed by atoms with Crippen molar-refractivity contribution in [3.05, 3.63) is 0 Å². The van der Waals surface area contributed by atoms with Gasteiger partial charge in [0.2, 0.25) is 0 Å². The summed E-state index contributed by atoms with van der Waals surface area (Å²) < 4.78 is 0. The molecule has 0 saturated carbocycles. The van der Waals surface area contributed by atoms with E-state index in [0.29, 0.717) is 12.8 Å². The van der Waals surface area contributed by atoms with Gasteiger partial charge in [0, 0.05) is 0 Å². The van der Waals surface area contributed by atoms with Gasteiger partial charge < -0.3 is 10.2 Å². The standard InChI is InChI=1S/C17H32O4/c1-3-5-6-7-8-9-10-11-12-14-17(13-4-2,15(18)19)16(20)21/h3-14H2,1-2H3,(H,18,19)(H,20,21). The number of hydrogen-bond donors (Lipinski definition) is 2. The molecular weight excluding hydrogens is 268 g/mol. The number of hydrogen-bond acceptors (Lipinski definition) is 2. The van der Waals surface area contributed by atoms with E-state index in [0.717, 1.165) is 12.8 Å². The Kier molecular flexibility index (Phi) is 11.0. The van der Waals surface area contributed by atoms with Gasteiger partial charge in [0.25, 0.3) is 0 Å². The monoisotopic (exact) mass is 300 g/mol. The number of carbonyl (C=O) groups is 2. The first-order valence-corrected chi connectivity index (χ1v) is 8.48. The van der Waals surface area contributed by atoms with Gasteiger partial charge >= 0.3 is 11.9 Å². The Balaban J connectivity index is 3.94. The highest BCUT2D eigenvalue weighted by molar-refractivity contribution is 5.98. The lowest BCUT2D eigenvalue weighted by molar-refractivity contribution is -0.166. The molecule has 0 aromatic rings. The van der Waals surface area contributed by atoms with Gasteiger partial charge in [-0.2, -0.15) is 0 Å². The smallest absolute Gasteiger partial charge is 0.321 e. The highest BCUT2D eigenvalue weighted by atomic mass is 16.4. The first-order chi connectivity index (χ1) is 10.0. The first kappa shape index (κ1) is 19.9. The number of carboxylic acid groups (broad SMARTS) is 2. The van der Waals surface area contributed by atoms with Gasteiger partial charge in [-0.25, -0.2) is 0 Å². The zero-order valence-electron chi connectivity index (χ0n) is 13.7. The van der Waals surface area contributed by atoms with Gasteiger partial charge in [0.1, 0.15) is 0 Å². The van der Waals surface area contributed by atoms with E-state index in [2.05, 4.69) is 6.92 Å². The largest absolute Gasteiger partial charge is 0.480 e. The maximum atomic E-state index is 11.3. The molecule has 0 saturated heterocycles. The van der Waals surface area contributed by atoms with Crippen LogP contribution in [-0.2, 0) is 9.59 Å². The number of unbranched alkanes of at least 4 members (excludes halogenated alkanes) is 8. The molecule has 0 aliphatic rings. The molecule has 21 heavy (non-hydrogen) atoms. The van der Waals surface area contributed by atoms with Crippen molar-refractivity contribution in [2.24, 2.45) is 5.41 Å². The molecule has 0 radical (unpaired) electrons. The molecule has 0 aromatic heterocycles. The Morgan fingerprint density at radius 3 is 1.48 bits per heavy atom. The van der Waals surface area contributed by atoms with Crippen molar-refractivity contribution in [2.45, 2.75) is 90.9 Å². The van der Waals surface area contributed by atoms with Crippen LogP contribution in [0, 0.1) is 5.41 Å². The molecular formula is C17H32O4. The van der Waals surface area contributed by atoms with Gasteiger partial charge in [-0.15, -0.1) is 0 Å². The molecule has 0 fully saturated rings. The van der Waals surface area contributed by atoms with Crippen molar-refractivity contribution in [2.75, 3.05) is 0 Å². The zero-order chi connectivity index (χ0) is 16.1. The molecule has 0 amide bonds. The van der Waals surface area contributed by atoms with E-state index >= 15 is 0 Å². The number of carboxylic acids is 2. The van der Waals surface area contributed by atoms with Gasteiger partial charge in [0.05, 0.1) is 0 Å². The highest BCUT2D eigenvalue weighted by Gasteiger charge is 2.44. The lowest BCUT2D eigenvalue weighted by atomic mass is 9.78. The van der Waals surface area contributed by atoms with Crippen LogP contribution in [-0.4, -0.2) is 22.2 Å². The van der Waals surface area contributed by atoms with Gasteiger partial charge in [0.15, 0.2) is 5.41 Å². The first-order valence-electron chi connectivity index (χ1n) is 8.48. The van der Waals surface area contributed by atoms with Crippen LogP contribution in [0.15, 0.2) is 0 Å². The van der Waals surface area contributed by atoms with Crippen LogP contribution in [0.5, 0.6) is 0 Å². The fraction of sp³-hybridized carbons (Fsp3) is 0.882. The van der Waals surface area contributed by atoms with Crippen molar-refractivity contribution >= 4 is 11.9 Å². The Hall–Kier alpha value is -1.06. The molecule has 2 N–H and O–H groups in total. The van der Waals surface area contributed by atoms with Crippen molar-refractivity contribution in [3.8, 4) is 0 Å². The van der Waals surface area contributed by atoms with Crippen LogP contribution >= 0.6 is 0 Å². The highest BCUT2D eigenvalue weighted by Crippen LogP contribution is 2.32. The zero-order valence-corrected chi connectivity index (χ0v) is 13.7. The Morgan fingerprint density at radius 1 is 0.667 bits per heavy atom. The topological polar surface area (TPSA) is 74.6 Å². The second kappa shape index (κ2) is 11.6. The van der Waals surface area contributed by atoms with Crippen LogP contribution < -0.4 is 0 Å². The minimum atomic E-state index is -1.57. The minimum Gasteiger partial charge on any atom is -0.480 e. The third-order valence-electron chi connectivity index (χ3n) is 4.20. The second-order valence-electron chi connectivity index (χ2n) is 6.02. The third-order valence-corrected chi connectivity index (χ3v) is 4.20. The molecule has 0 unspecified atom stereocenters. The summed E-state index contributed by atoms with van der Waals surface area (Å²) >= 11 is 0. The molecule has 0 atom stereocenters. The summed E-state index contributed by atoms with van der Waals surface area (Å²) in [6, 6.07) is 0. The Morgan fingerprint density at radius 2 is 1.10 bits per heavy atom. The summed E-state index contributed by atoms with van der Waals surface area (Å²) in [6.07, 6.45) is 11.3. The van der Waals surface area contributed by atoms with Gasteiger partial charge in [-0.3, -0.25) is 9.59 Å². The predicted octanol–water partition coefficient (Wildman–Crippen LogP) is 4.86. The van der Waals surface area contributed by atoms with Crippen molar-refractivity contribution in [1.82, 2.24) is 0 Å². The second-order valence-corrected chi connectivity index (χ2v) is 6.02. The summed E-state index contributed by atoms with van der Waals surface area (Å²) in [5, 5.41) is 18.5. The summed E-state index contributed by atoms with van der Waals surface area (Å²) in [5.41, 5.74) is -1.57. The lowest BCUT2D eigenvalue weighted by Crippen LogP contribution is -2.39. The number of rotatable bonds is 14. The molecule has 0 heterocycles. The summed E-state index contributed by atoms with van der Waals surface area (Å²) in [7, 11) is 0. The Bertz CT molecular complexity index is 285. The maximum Gasteiger partial charge on any atom is 0.321 e. The van der Waals surface area contributed by atoms with E-state index in [-0.39, 0.29) is 12.8 Å². The minimum absolute atomic E-state index is 0.217. The molecule has 124 valence electrons. The summed E-state index contributed by atoms with van der Waals surface area (Å²) in [4.78, 5) is 22.7. The fourth-order valence-corrected chi connectivity index (χ4v) is 2.81. The van der Waals surface area contributed by atoms with E-state index in [1.54, 1.807) is 0 Å². The molecule has 4 heteroatoms. The fourth-order valence-electron chi connectivity index (χ4n) is 2.81. The van der Waals surface area contributed by atoms with Gasteiger partial charge in [-0.05, 0) is 12.8 Å².